The summed E-state index contributed by atoms with van der Waals surface area (Å²) in [7, 11) is 0. The number of anilines is 2. The summed E-state index contributed by atoms with van der Waals surface area (Å²) in [6, 6.07) is 12.9. The highest BCUT2D eigenvalue weighted by atomic mass is 16.2. The number of benzene rings is 2. The van der Waals surface area contributed by atoms with Gasteiger partial charge in [-0.05, 0) is 30.3 Å². The van der Waals surface area contributed by atoms with Crippen molar-refractivity contribution in [3.63, 3.8) is 0 Å². The normalized spacial score (nSPS) is 13.4. The number of carbonyl (C=O) groups is 4. The van der Waals surface area contributed by atoms with Crippen LogP contribution in [0.15, 0.2) is 61.2 Å². The van der Waals surface area contributed by atoms with Crippen LogP contribution in [-0.4, -0.2) is 30.2 Å². The van der Waals surface area contributed by atoms with Crippen LogP contribution in [0.3, 0.4) is 0 Å². The number of rotatable bonds is 6. The topological polar surface area (TPSA) is 95.6 Å². The van der Waals surface area contributed by atoms with Crippen molar-refractivity contribution < 1.29 is 19.2 Å². The Bertz CT molecular complexity index is 952. The minimum absolute atomic E-state index is 0.169. The molecule has 2 aromatic carbocycles. The Balaban J connectivity index is 1.82. The average molecular weight is 377 g/mol. The van der Waals surface area contributed by atoms with Crippen LogP contribution in [-0.2, 0) is 9.59 Å². The minimum atomic E-state index is -0.454. The molecule has 1 aliphatic rings. The van der Waals surface area contributed by atoms with E-state index in [4.69, 9.17) is 0 Å². The zero-order valence-electron chi connectivity index (χ0n) is 15.1. The molecular formula is C21H19N3O4. The van der Waals surface area contributed by atoms with E-state index in [1.165, 1.54) is 6.07 Å². The third-order valence-corrected chi connectivity index (χ3v) is 4.24. The smallest absolute Gasteiger partial charge is 0.255 e. The molecule has 0 aromatic heterocycles. The fraction of sp³-hybridized carbons (Fsp3) is 0.143. The Labute approximate surface area is 162 Å². The first-order valence-corrected chi connectivity index (χ1v) is 8.76. The highest BCUT2D eigenvalue weighted by Crippen LogP contribution is 2.24. The molecular weight excluding hydrogens is 358 g/mol. The summed E-state index contributed by atoms with van der Waals surface area (Å²) in [5, 5.41) is 5.38. The van der Waals surface area contributed by atoms with Crippen LogP contribution in [0.2, 0.25) is 0 Å². The molecule has 0 atom stereocenters. The van der Waals surface area contributed by atoms with Gasteiger partial charge < -0.3 is 10.6 Å². The van der Waals surface area contributed by atoms with E-state index in [0.717, 1.165) is 4.90 Å². The van der Waals surface area contributed by atoms with Crippen molar-refractivity contribution in [1.29, 1.82) is 0 Å². The lowest BCUT2D eigenvalue weighted by atomic mass is 10.1. The van der Waals surface area contributed by atoms with E-state index in [9.17, 15) is 19.2 Å². The van der Waals surface area contributed by atoms with Crippen LogP contribution in [0.25, 0.3) is 0 Å². The van der Waals surface area contributed by atoms with Gasteiger partial charge in [-0.15, -0.1) is 6.58 Å². The first-order valence-electron chi connectivity index (χ1n) is 8.76. The lowest BCUT2D eigenvalue weighted by molar-refractivity contribution is -0.121. The van der Waals surface area contributed by atoms with Gasteiger partial charge in [0, 0.05) is 24.9 Å². The molecule has 142 valence electrons. The van der Waals surface area contributed by atoms with Gasteiger partial charge in [0.15, 0.2) is 0 Å². The van der Waals surface area contributed by atoms with Crippen LogP contribution < -0.4 is 15.5 Å². The lowest BCUT2D eigenvalue weighted by Gasteiger charge is -2.15. The van der Waals surface area contributed by atoms with Crippen LogP contribution >= 0.6 is 0 Å². The first-order chi connectivity index (χ1) is 13.5. The van der Waals surface area contributed by atoms with Crippen LogP contribution in [0.4, 0.5) is 11.4 Å². The Morgan fingerprint density at radius 1 is 1.00 bits per heavy atom. The lowest BCUT2D eigenvalue weighted by Crippen LogP contribution is -2.29. The zero-order chi connectivity index (χ0) is 20.1. The van der Waals surface area contributed by atoms with Crippen LogP contribution in [0.1, 0.15) is 33.6 Å². The third kappa shape index (κ3) is 3.98. The van der Waals surface area contributed by atoms with Gasteiger partial charge >= 0.3 is 0 Å². The summed E-state index contributed by atoms with van der Waals surface area (Å²) >= 11 is 0. The molecule has 3 rings (SSSR count). The molecule has 2 N–H and O–H groups in total. The number of amides is 4. The van der Waals surface area contributed by atoms with Crippen molar-refractivity contribution in [2.45, 2.75) is 12.8 Å². The standard InChI is InChI=1S/C21H19N3O4/c1-2-12-22-21(28)16-8-3-4-9-17(16)23-20(27)14-6-5-7-15(13-14)24-18(25)10-11-19(24)26/h2-9,13H,1,10-12H2,(H,22,28)(H,23,27). The van der Waals surface area contributed by atoms with Gasteiger partial charge in [0.25, 0.3) is 11.8 Å². The van der Waals surface area contributed by atoms with E-state index in [1.807, 2.05) is 0 Å². The average Bonchev–Trinajstić information content (AvgIpc) is 3.04. The van der Waals surface area contributed by atoms with E-state index >= 15 is 0 Å². The van der Waals surface area contributed by atoms with Crippen molar-refractivity contribution >= 4 is 35.0 Å². The monoisotopic (exact) mass is 377 g/mol. The van der Waals surface area contributed by atoms with Gasteiger partial charge in [0.05, 0.1) is 16.9 Å². The quantitative estimate of drug-likeness (QED) is 0.597. The van der Waals surface area contributed by atoms with Gasteiger partial charge in [-0.1, -0.05) is 24.3 Å². The number of imide groups is 1. The summed E-state index contributed by atoms with van der Waals surface area (Å²) < 4.78 is 0. The molecule has 0 radical (unpaired) electrons. The molecule has 28 heavy (non-hydrogen) atoms. The second-order valence-corrected chi connectivity index (χ2v) is 6.17. The number of hydrogen-bond acceptors (Lipinski definition) is 4. The fourth-order valence-corrected chi connectivity index (χ4v) is 2.90. The van der Waals surface area contributed by atoms with Gasteiger partial charge in [0.1, 0.15) is 0 Å². The molecule has 1 heterocycles. The summed E-state index contributed by atoms with van der Waals surface area (Å²) in [4.78, 5) is 49.9. The van der Waals surface area contributed by atoms with E-state index in [-0.39, 0.29) is 36.1 Å². The summed E-state index contributed by atoms with van der Waals surface area (Å²) in [6.07, 6.45) is 1.90. The fourth-order valence-electron chi connectivity index (χ4n) is 2.90. The van der Waals surface area contributed by atoms with Gasteiger partial charge in [-0.2, -0.15) is 0 Å². The maximum absolute atomic E-state index is 12.7. The molecule has 2 aromatic rings. The van der Waals surface area contributed by atoms with Crippen LogP contribution in [0.5, 0.6) is 0 Å². The molecule has 0 spiro atoms. The second-order valence-electron chi connectivity index (χ2n) is 6.17. The molecule has 1 fully saturated rings. The molecule has 1 saturated heterocycles. The van der Waals surface area contributed by atoms with Crippen molar-refractivity contribution in [1.82, 2.24) is 5.32 Å². The maximum atomic E-state index is 12.7. The molecule has 7 heteroatoms. The van der Waals surface area contributed by atoms with Crippen molar-refractivity contribution in [2.24, 2.45) is 0 Å². The molecule has 0 unspecified atom stereocenters. The van der Waals surface area contributed by atoms with E-state index in [2.05, 4.69) is 17.2 Å². The SMILES string of the molecule is C=CCNC(=O)c1ccccc1NC(=O)c1cccc(N2C(=O)CCC2=O)c1. The summed E-state index contributed by atoms with van der Waals surface area (Å²) in [5.41, 5.74) is 1.30. The number of nitrogens with zero attached hydrogens (tertiary/aromatic N) is 1. The Morgan fingerprint density at radius 2 is 1.71 bits per heavy atom. The molecule has 1 aliphatic heterocycles. The van der Waals surface area contributed by atoms with Crippen LogP contribution in [0, 0.1) is 0 Å². The number of para-hydroxylation sites is 1. The van der Waals surface area contributed by atoms with E-state index in [1.54, 1.807) is 48.5 Å². The number of carbonyl (C=O) groups excluding carboxylic acids is 4. The van der Waals surface area contributed by atoms with Crippen molar-refractivity contribution in [3.8, 4) is 0 Å². The maximum Gasteiger partial charge on any atom is 0.255 e. The van der Waals surface area contributed by atoms with E-state index in [0.29, 0.717) is 23.5 Å². The summed E-state index contributed by atoms with van der Waals surface area (Å²) in [5.74, 6) is -1.36. The van der Waals surface area contributed by atoms with Gasteiger partial charge in [0.2, 0.25) is 11.8 Å². The van der Waals surface area contributed by atoms with Crippen molar-refractivity contribution in [2.75, 3.05) is 16.8 Å². The first kappa shape index (κ1) is 19.0. The largest absolute Gasteiger partial charge is 0.349 e. The van der Waals surface area contributed by atoms with Gasteiger partial charge in [-0.3, -0.25) is 24.1 Å². The molecule has 0 bridgehead atoms. The predicted molar refractivity (Wildman–Crippen MR) is 105 cm³/mol. The predicted octanol–water partition coefficient (Wildman–Crippen LogP) is 2.51. The van der Waals surface area contributed by atoms with Crippen molar-refractivity contribution in [3.05, 3.63) is 72.3 Å². The summed E-state index contributed by atoms with van der Waals surface area (Å²) in [6.45, 7) is 3.86. The molecule has 0 saturated carbocycles. The Morgan fingerprint density at radius 3 is 2.43 bits per heavy atom. The van der Waals surface area contributed by atoms with Gasteiger partial charge in [-0.25, -0.2) is 0 Å². The van der Waals surface area contributed by atoms with E-state index < -0.39 is 5.91 Å². The highest BCUT2D eigenvalue weighted by molar-refractivity contribution is 6.20. The Hall–Kier alpha value is -3.74. The third-order valence-electron chi connectivity index (χ3n) is 4.24. The number of nitrogens with one attached hydrogen (secondary N) is 2. The zero-order valence-corrected chi connectivity index (χ0v) is 15.1. The molecule has 7 nitrogen and oxygen atoms in total. The highest BCUT2D eigenvalue weighted by Gasteiger charge is 2.30. The minimum Gasteiger partial charge on any atom is -0.349 e. The molecule has 0 aliphatic carbocycles. The second kappa shape index (κ2) is 8.30. The molecule has 4 amide bonds. The Kier molecular flexibility index (Phi) is 5.64. The number of hydrogen-bond donors (Lipinski definition) is 2.